The highest BCUT2D eigenvalue weighted by atomic mass is 32.2. The first kappa shape index (κ1) is 18.6. The van der Waals surface area contributed by atoms with E-state index in [1.54, 1.807) is 12.1 Å². The summed E-state index contributed by atoms with van der Waals surface area (Å²) in [6.45, 7) is 0.411. The van der Waals surface area contributed by atoms with Crippen molar-refractivity contribution in [3.05, 3.63) is 52.4 Å². The molecule has 154 valence electrons. The summed E-state index contributed by atoms with van der Waals surface area (Å²) >= 11 is 0. The number of amidine groups is 1. The van der Waals surface area contributed by atoms with Crippen LogP contribution in [0.15, 0.2) is 50.6 Å². The van der Waals surface area contributed by atoms with E-state index in [4.69, 9.17) is 0 Å². The number of benzene rings is 1. The SMILES string of the molecule is O=c1c(C2=NS(=O)(=O)c3cc(O)ccc3N2)c(O)c2cccnc2n1CCC1CC1. The Bertz CT molecular complexity index is 1390. The Morgan fingerprint density at radius 1 is 1.20 bits per heavy atom. The molecule has 0 spiro atoms. The van der Waals surface area contributed by atoms with Gasteiger partial charge in [0, 0.05) is 18.8 Å². The number of hydrogen-bond acceptors (Lipinski definition) is 7. The van der Waals surface area contributed by atoms with Gasteiger partial charge in [-0.1, -0.05) is 12.8 Å². The van der Waals surface area contributed by atoms with Crippen LogP contribution in [0.5, 0.6) is 11.5 Å². The second-order valence-corrected chi connectivity index (χ2v) is 9.08. The van der Waals surface area contributed by atoms with Crippen molar-refractivity contribution in [2.45, 2.75) is 30.7 Å². The minimum absolute atomic E-state index is 0.160. The molecule has 10 heteroatoms. The number of phenols is 1. The molecule has 3 heterocycles. The third kappa shape index (κ3) is 3.00. The van der Waals surface area contributed by atoms with E-state index < -0.39 is 15.6 Å². The van der Waals surface area contributed by atoms with Crippen LogP contribution in [-0.4, -0.2) is 34.0 Å². The van der Waals surface area contributed by atoms with Crippen LogP contribution in [0.4, 0.5) is 5.69 Å². The van der Waals surface area contributed by atoms with Gasteiger partial charge in [0.15, 0.2) is 5.84 Å². The lowest BCUT2D eigenvalue weighted by atomic mass is 10.1. The summed E-state index contributed by atoms with van der Waals surface area (Å²) in [6, 6.07) is 7.03. The van der Waals surface area contributed by atoms with E-state index in [-0.39, 0.29) is 33.5 Å². The molecule has 0 amide bonds. The average Bonchev–Trinajstić information content (AvgIpc) is 3.53. The average molecular weight is 426 g/mol. The van der Waals surface area contributed by atoms with Crippen LogP contribution in [0.3, 0.4) is 0 Å². The second-order valence-electron chi connectivity index (χ2n) is 7.51. The Balaban J connectivity index is 1.72. The van der Waals surface area contributed by atoms with Crippen molar-refractivity contribution >= 4 is 32.6 Å². The third-order valence-electron chi connectivity index (χ3n) is 5.40. The minimum atomic E-state index is -4.19. The van der Waals surface area contributed by atoms with Gasteiger partial charge in [-0.25, -0.2) is 4.98 Å². The lowest BCUT2D eigenvalue weighted by molar-refractivity contribution is 0.473. The van der Waals surface area contributed by atoms with Crippen molar-refractivity contribution in [1.82, 2.24) is 9.55 Å². The molecular weight excluding hydrogens is 408 g/mol. The number of sulfonamides is 1. The Morgan fingerprint density at radius 2 is 2.00 bits per heavy atom. The normalized spacial score (nSPS) is 17.3. The molecule has 1 aliphatic carbocycles. The third-order valence-corrected chi connectivity index (χ3v) is 6.71. The first-order valence-corrected chi connectivity index (χ1v) is 10.9. The zero-order valence-electron chi connectivity index (χ0n) is 15.7. The number of aromatic nitrogens is 2. The van der Waals surface area contributed by atoms with Gasteiger partial charge in [0.2, 0.25) is 0 Å². The maximum atomic E-state index is 13.3. The number of rotatable bonds is 4. The number of anilines is 1. The molecule has 2 aromatic heterocycles. The highest BCUT2D eigenvalue weighted by Crippen LogP contribution is 2.35. The zero-order chi connectivity index (χ0) is 21.0. The Morgan fingerprint density at radius 3 is 2.77 bits per heavy atom. The molecule has 5 rings (SSSR count). The van der Waals surface area contributed by atoms with Gasteiger partial charge in [-0.05, 0) is 36.6 Å². The molecule has 1 aromatic carbocycles. The number of pyridine rings is 2. The Hall–Kier alpha value is -3.40. The van der Waals surface area contributed by atoms with Gasteiger partial charge < -0.3 is 15.5 Å². The van der Waals surface area contributed by atoms with Crippen molar-refractivity contribution in [1.29, 1.82) is 0 Å². The van der Waals surface area contributed by atoms with Crippen molar-refractivity contribution in [3.63, 3.8) is 0 Å². The lowest BCUT2D eigenvalue weighted by Crippen LogP contribution is -2.33. The number of aryl methyl sites for hydroxylation is 1. The fourth-order valence-electron chi connectivity index (χ4n) is 3.66. The molecule has 3 aromatic rings. The van der Waals surface area contributed by atoms with Crippen molar-refractivity contribution in [2.24, 2.45) is 10.3 Å². The molecule has 0 saturated heterocycles. The monoisotopic (exact) mass is 426 g/mol. The zero-order valence-corrected chi connectivity index (χ0v) is 16.6. The lowest BCUT2D eigenvalue weighted by Gasteiger charge is -2.20. The molecule has 0 radical (unpaired) electrons. The minimum Gasteiger partial charge on any atom is -0.508 e. The fourth-order valence-corrected chi connectivity index (χ4v) is 4.80. The van der Waals surface area contributed by atoms with Gasteiger partial charge in [-0.2, -0.15) is 8.42 Å². The van der Waals surface area contributed by atoms with Crippen LogP contribution in [0.25, 0.3) is 11.0 Å². The van der Waals surface area contributed by atoms with Gasteiger partial charge in [0.05, 0.1) is 11.1 Å². The van der Waals surface area contributed by atoms with Gasteiger partial charge >= 0.3 is 0 Å². The molecule has 2 aliphatic rings. The van der Waals surface area contributed by atoms with E-state index in [2.05, 4.69) is 14.7 Å². The quantitative estimate of drug-likeness (QED) is 0.544. The summed E-state index contributed by atoms with van der Waals surface area (Å²) in [7, 11) is -4.19. The van der Waals surface area contributed by atoms with Crippen LogP contribution in [0.2, 0.25) is 0 Å². The van der Waals surface area contributed by atoms with Crippen molar-refractivity contribution in [3.8, 4) is 11.5 Å². The first-order valence-electron chi connectivity index (χ1n) is 9.51. The number of hydrogen-bond donors (Lipinski definition) is 3. The van der Waals surface area contributed by atoms with E-state index in [1.807, 2.05) is 0 Å². The van der Waals surface area contributed by atoms with Crippen LogP contribution < -0.4 is 10.9 Å². The fraction of sp³-hybridized carbons (Fsp3) is 0.250. The smallest absolute Gasteiger partial charge is 0.286 e. The van der Waals surface area contributed by atoms with E-state index in [9.17, 15) is 23.4 Å². The maximum absolute atomic E-state index is 13.3. The molecule has 0 unspecified atom stereocenters. The molecular formula is C20H18N4O5S. The summed E-state index contributed by atoms with van der Waals surface area (Å²) in [5.41, 5.74) is -0.293. The van der Waals surface area contributed by atoms with E-state index in [0.717, 1.165) is 25.3 Å². The number of fused-ring (bicyclic) bond motifs is 2. The van der Waals surface area contributed by atoms with Crippen molar-refractivity contribution in [2.75, 3.05) is 5.32 Å². The van der Waals surface area contributed by atoms with Gasteiger partial charge in [0.1, 0.15) is 27.6 Å². The summed E-state index contributed by atoms with van der Waals surface area (Å²) in [5.74, 6) is -0.297. The molecule has 3 N–H and O–H groups in total. The Labute approximate surface area is 171 Å². The number of nitrogens with one attached hydrogen (secondary N) is 1. The molecule has 9 nitrogen and oxygen atoms in total. The molecule has 0 bridgehead atoms. The van der Waals surface area contributed by atoms with Crippen LogP contribution in [0, 0.1) is 5.92 Å². The van der Waals surface area contributed by atoms with Gasteiger partial charge in [0.25, 0.3) is 15.6 Å². The maximum Gasteiger partial charge on any atom is 0.286 e. The van der Waals surface area contributed by atoms with Crippen LogP contribution in [-0.2, 0) is 16.6 Å². The number of phenolic OH excluding ortho intramolecular Hbond substituents is 1. The summed E-state index contributed by atoms with van der Waals surface area (Å²) in [6.07, 6.45) is 4.59. The van der Waals surface area contributed by atoms with Gasteiger partial charge in [-0.3, -0.25) is 9.36 Å². The van der Waals surface area contributed by atoms with Crippen molar-refractivity contribution < 1.29 is 18.6 Å². The summed E-state index contributed by atoms with van der Waals surface area (Å²) in [4.78, 5) is 17.4. The van der Waals surface area contributed by atoms with Crippen LogP contribution >= 0.6 is 0 Å². The largest absolute Gasteiger partial charge is 0.508 e. The number of nitrogens with zero attached hydrogens (tertiary/aromatic N) is 3. The molecule has 1 fully saturated rings. The van der Waals surface area contributed by atoms with Gasteiger partial charge in [-0.15, -0.1) is 4.40 Å². The molecule has 1 saturated carbocycles. The molecule has 0 atom stereocenters. The molecule has 1 aliphatic heterocycles. The highest BCUT2D eigenvalue weighted by molar-refractivity contribution is 7.90. The highest BCUT2D eigenvalue weighted by Gasteiger charge is 2.31. The second kappa shape index (κ2) is 6.56. The van der Waals surface area contributed by atoms with E-state index in [1.165, 1.54) is 22.9 Å². The number of aromatic hydroxyl groups is 2. The first-order chi connectivity index (χ1) is 14.3. The Kier molecular flexibility index (Phi) is 4.07. The molecule has 30 heavy (non-hydrogen) atoms. The predicted molar refractivity (Wildman–Crippen MR) is 110 cm³/mol. The standard InChI is InChI=1S/C20H18N4O5S/c25-12-5-6-14-15(10-12)30(28,29)23-18(22-14)16-17(26)13-2-1-8-21-19(13)24(20(16)27)9-7-11-3-4-11/h1-2,5-6,8,10-11,25-26H,3-4,7,9H2,(H,22,23). The summed E-state index contributed by atoms with van der Waals surface area (Å²) in [5, 5.41) is 23.6. The predicted octanol–water partition coefficient (Wildman–Crippen LogP) is 2.17. The summed E-state index contributed by atoms with van der Waals surface area (Å²) < 4.78 is 30.5. The van der Waals surface area contributed by atoms with E-state index in [0.29, 0.717) is 23.5 Å². The topological polar surface area (TPSA) is 134 Å². The van der Waals surface area contributed by atoms with E-state index >= 15 is 0 Å². The van der Waals surface area contributed by atoms with Crippen LogP contribution in [0.1, 0.15) is 24.8 Å².